The molecule has 0 aliphatic carbocycles. The lowest BCUT2D eigenvalue weighted by atomic mass is 10.1. The van der Waals surface area contributed by atoms with Gasteiger partial charge in [-0.15, -0.1) is 0 Å². The van der Waals surface area contributed by atoms with Crippen molar-refractivity contribution in [3.05, 3.63) is 83.9 Å². The summed E-state index contributed by atoms with van der Waals surface area (Å²) in [4.78, 5) is 21.7. The van der Waals surface area contributed by atoms with Gasteiger partial charge in [0, 0.05) is 11.6 Å². The van der Waals surface area contributed by atoms with Gasteiger partial charge in [0.05, 0.1) is 28.7 Å². The van der Waals surface area contributed by atoms with Crippen molar-refractivity contribution < 1.29 is 9.21 Å². The maximum absolute atomic E-state index is 12.7. The molecule has 132 valence electrons. The number of fused-ring (bicyclic) bond motifs is 1. The second kappa shape index (κ2) is 7.21. The molecule has 1 amide bonds. The number of hydrazone groups is 1. The molecule has 1 N–H and O–H groups in total. The molecule has 0 fully saturated rings. The first-order valence-corrected chi connectivity index (χ1v) is 8.42. The molecule has 0 spiro atoms. The summed E-state index contributed by atoms with van der Waals surface area (Å²) in [6.07, 6.45) is 3.16. The van der Waals surface area contributed by atoms with E-state index >= 15 is 0 Å². The number of amides is 1. The maximum Gasteiger partial charge on any atom is 0.272 e. The molecule has 27 heavy (non-hydrogen) atoms. The van der Waals surface area contributed by atoms with Crippen LogP contribution in [0.2, 0.25) is 0 Å². The molecule has 0 aliphatic rings. The standard InChI is InChI=1S/C21H16N4O2/c1-14-9-10-15(27-14)13-23-25-21(26)17-12-20(19-8-4-5-11-22-19)24-18-7-3-2-6-16(17)18/h2-13H,1H3,(H,25,26)/b23-13-. The molecule has 3 aromatic heterocycles. The van der Waals surface area contributed by atoms with Crippen molar-refractivity contribution in [2.45, 2.75) is 6.92 Å². The largest absolute Gasteiger partial charge is 0.460 e. The summed E-state index contributed by atoms with van der Waals surface area (Å²) in [5.74, 6) is 1.02. The highest BCUT2D eigenvalue weighted by molar-refractivity contribution is 6.07. The van der Waals surface area contributed by atoms with Gasteiger partial charge in [0.25, 0.3) is 5.91 Å². The number of carbonyl (C=O) groups excluding carboxylic acids is 1. The summed E-state index contributed by atoms with van der Waals surface area (Å²) in [5.41, 5.74) is 5.08. The third-order valence-corrected chi connectivity index (χ3v) is 4.01. The zero-order valence-corrected chi connectivity index (χ0v) is 14.6. The van der Waals surface area contributed by atoms with E-state index in [1.165, 1.54) is 6.21 Å². The van der Waals surface area contributed by atoms with Crippen molar-refractivity contribution in [3.8, 4) is 11.4 Å². The quantitative estimate of drug-likeness (QED) is 0.443. The van der Waals surface area contributed by atoms with Crippen molar-refractivity contribution in [1.82, 2.24) is 15.4 Å². The zero-order valence-electron chi connectivity index (χ0n) is 14.6. The predicted octanol–water partition coefficient (Wildman–Crippen LogP) is 3.96. The van der Waals surface area contributed by atoms with Gasteiger partial charge in [-0.05, 0) is 43.3 Å². The number of carbonyl (C=O) groups is 1. The molecular weight excluding hydrogens is 340 g/mol. The normalized spacial score (nSPS) is 11.1. The summed E-state index contributed by atoms with van der Waals surface area (Å²) in [6, 6.07) is 18.4. The number of nitrogens with zero attached hydrogens (tertiary/aromatic N) is 3. The molecule has 0 unspecified atom stereocenters. The van der Waals surface area contributed by atoms with Crippen LogP contribution in [0.5, 0.6) is 0 Å². The number of furan rings is 1. The molecule has 0 aliphatic heterocycles. The van der Waals surface area contributed by atoms with Gasteiger partial charge in [0.2, 0.25) is 0 Å². The second-order valence-corrected chi connectivity index (χ2v) is 5.93. The number of nitrogens with one attached hydrogen (secondary N) is 1. The molecule has 0 atom stereocenters. The predicted molar refractivity (Wildman–Crippen MR) is 103 cm³/mol. The van der Waals surface area contributed by atoms with Gasteiger partial charge in [0.15, 0.2) is 0 Å². The van der Waals surface area contributed by atoms with E-state index in [2.05, 4.69) is 20.5 Å². The number of aryl methyl sites for hydroxylation is 1. The van der Waals surface area contributed by atoms with E-state index in [-0.39, 0.29) is 5.91 Å². The van der Waals surface area contributed by atoms with E-state index < -0.39 is 0 Å². The van der Waals surface area contributed by atoms with Crippen LogP contribution in [0.15, 0.2) is 76.4 Å². The van der Waals surface area contributed by atoms with Gasteiger partial charge in [-0.2, -0.15) is 5.10 Å². The highest BCUT2D eigenvalue weighted by atomic mass is 16.3. The Morgan fingerprint density at radius 1 is 1.07 bits per heavy atom. The van der Waals surface area contributed by atoms with E-state index in [0.29, 0.717) is 22.7 Å². The van der Waals surface area contributed by atoms with E-state index in [9.17, 15) is 4.79 Å². The molecule has 6 nitrogen and oxygen atoms in total. The van der Waals surface area contributed by atoms with Gasteiger partial charge < -0.3 is 4.42 Å². The number of hydrogen-bond donors (Lipinski definition) is 1. The van der Waals surface area contributed by atoms with Crippen LogP contribution in [-0.4, -0.2) is 22.1 Å². The van der Waals surface area contributed by atoms with Gasteiger partial charge in [-0.25, -0.2) is 10.4 Å². The van der Waals surface area contributed by atoms with Crippen LogP contribution >= 0.6 is 0 Å². The lowest BCUT2D eigenvalue weighted by molar-refractivity contribution is 0.0956. The SMILES string of the molecule is Cc1ccc(/C=N\NC(=O)c2cc(-c3ccccn3)nc3ccccc23)o1. The van der Waals surface area contributed by atoms with Crippen LogP contribution in [0.4, 0.5) is 0 Å². The Hall–Kier alpha value is -3.80. The summed E-state index contributed by atoms with van der Waals surface area (Å²) in [6.45, 7) is 1.85. The Labute approximate surface area is 155 Å². The van der Waals surface area contributed by atoms with Crippen LogP contribution in [0.1, 0.15) is 21.9 Å². The summed E-state index contributed by atoms with van der Waals surface area (Å²) >= 11 is 0. The number of para-hydroxylation sites is 1. The number of rotatable bonds is 4. The fourth-order valence-corrected chi connectivity index (χ4v) is 2.75. The van der Waals surface area contributed by atoms with Crippen molar-refractivity contribution in [2.75, 3.05) is 0 Å². The highest BCUT2D eigenvalue weighted by Crippen LogP contribution is 2.23. The maximum atomic E-state index is 12.7. The first-order chi connectivity index (χ1) is 13.2. The summed E-state index contributed by atoms with van der Waals surface area (Å²) < 4.78 is 5.40. The third-order valence-electron chi connectivity index (χ3n) is 4.01. The number of benzene rings is 1. The molecule has 4 aromatic rings. The van der Waals surface area contributed by atoms with Crippen molar-refractivity contribution in [1.29, 1.82) is 0 Å². The van der Waals surface area contributed by atoms with Crippen LogP contribution in [-0.2, 0) is 0 Å². The Balaban J connectivity index is 1.69. The van der Waals surface area contributed by atoms with Crippen LogP contribution in [0, 0.1) is 6.92 Å². The lowest BCUT2D eigenvalue weighted by Crippen LogP contribution is -2.18. The van der Waals surface area contributed by atoms with Crippen molar-refractivity contribution >= 4 is 23.0 Å². The van der Waals surface area contributed by atoms with E-state index in [1.807, 2.05) is 55.5 Å². The molecule has 0 bridgehead atoms. The molecule has 0 radical (unpaired) electrons. The fraction of sp³-hybridized carbons (Fsp3) is 0.0476. The Bertz CT molecular complexity index is 1130. The first kappa shape index (κ1) is 16.7. The fourth-order valence-electron chi connectivity index (χ4n) is 2.75. The topological polar surface area (TPSA) is 80.4 Å². The number of aromatic nitrogens is 2. The van der Waals surface area contributed by atoms with E-state index in [1.54, 1.807) is 18.3 Å². The minimum absolute atomic E-state index is 0.328. The lowest BCUT2D eigenvalue weighted by Gasteiger charge is -2.08. The first-order valence-electron chi connectivity index (χ1n) is 8.42. The van der Waals surface area contributed by atoms with E-state index in [4.69, 9.17) is 4.42 Å². The van der Waals surface area contributed by atoms with Gasteiger partial charge >= 0.3 is 0 Å². The van der Waals surface area contributed by atoms with E-state index in [0.717, 1.165) is 16.7 Å². The third kappa shape index (κ3) is 3.59. The average molecular weight is 356 g/mol. The second-order valence-electron chi connectivity index (χ2n) is 5.93. The Morgan fingerprint density at radius 3 is 2.70 bits per heavy atom. The molecular formula is C21H16N4O2. The monoisotopic (exact) mass is 356 g/mol. The molecule has 1 aromatic carbocycles. The van der Waals surface area contributed by atoms with Crippen LogP contribution in [0.25, 0.3) is 22.3 Å². The zero-order chi connectivity index (χ0) is 18.6. The van der Waals surface area contributed by atoms with Crippen molar-refractivity contribution in [2.24, 2.45) is 5.10 Å². The Kier molecular flexibility index (Phi) is 4.45. The number of pyridine rings is 2. The molecule has 3 heterocycles. The molecule has 6 heteroatoms. The average Bonchev–Trinajstić information content (AvgIpc) is 3.12. The number of hydrogen-bond acceptors (Lipinski definition) is 5. The summed E-state index contributed by atoms with van der Waals surface area (Å²) in [7, 11) is 0. The molecule has 0 saturated heterocycles. The molecule has 0 saturated carbocycles. The van der Waals surface area contributed by atoms with Crippen LogP contribution in [0.3, 0.4) is 0 Å². The van der Waals surface area contributed by atoms with Gasteiger partial charge in [-0.1, -0.05) is 24.3 Å². The minimum atomic E-state index is -0.328. The molecule has 4 rings (SSSR count). The minimum Gasteiger partial charge on any atom is -0.460 e. The Morgan fingerprint density at radius 2 is 1.93 bits per heavy atom. The van der Waals surface area contributed by atoms with Crippen molar-refractivity contribution in [3.63, 3.8) is 0 Å². The van der Waals surface area contributed by atoms with Crippen LogP contribution < -0.4 is 5.43 Å². The summed E-state index contributed by atoms with van der Waals surface area (Å²) in [5, 5.41) is 4.73. The van der Waals surface area contributed by atoms with Gasteiger partial charge in [0.1, 0.15) is 11.5 Å². The van der Waals surface area contributed by atoms with Gasteiger partial charge in [-0.3, -0.25) is 9.78 Å². The smallest absolute Gasteiger partial charge is 0.272 e. The highest BCUT2D eigenvalue weighted by Gasteiger charge is 2.14.